The van der Waals surface area contributed by atoms with Crippen molar-refractivity contribution >= 4 is 17.6 Å². The standard InChI is InChI=1S/C21H17N5O2/c1-2-28-20(27)17-18(15-6-4-3-5-7-15)25-21-23-13-24-26(21)19(17)16-10-8-14(12-22)9-11-16/h3-11,13,19H,2H2,1H3,(H,23,24,25)/t19-/m1/s1. The number of carbonyl (C=O) groups excluding carboxylic acids is 1. The maximum atomic E-state index is 13.0. The SMILES string of the molecule is CCOC(=O)C1=C(c2ccccc2)Nc2ncnn2[C@@H]1c1ccc(C#N)cc1. The molecule has 28 heavy (non-hydrogen) atoms. The number of nitriles is 1. The van der Waals surface area contributed by atoms with Crippen LogP contribution in [0.3, 0.4) is 0 Å². The molecule has 0 bridgehead atoms. The second kappa shape index (κ2) is 7.37. The van der Waals surface area contributed by atoms with Gasteiger partial charge < -0.3 is 10.1 Å². The summed E-state index contributed by atoms with van der Waals surface area (Å²) in [6.07, 6.45) is 1.44. The number of fused-ring (bicyclic) bond motifs is 1. The van der Waals surface area contributed by atoms with Gasteiger partial charge in [0.15, 0.2) is 0 Å². The van der Waals surface area contributed by atoms with Crippen molar-refractivity contribution in [3.05, 3.63) is 83.2 Å². The molecule has 0 saturated heterocycles. The Kier molecular flexibility index (Phi) is 4.60. The molecular weight excluding hydrogens is 354 g/mol. The summed E-state index contributed by atoms with van der Waals surface area (Å²) in [6, 6.07) is 18.2. The lowest BCUT2D eigenvalue weighted by Crippen LogP contribution is -2.30. The molecule has 0 fully saturated rings. The lowest BCUT2D eigenvalue weighted by molar-refractivity contribution is -0.138. The number of rotatable bonds is 4. The maximum Gasteiger partial charge on any atom is 0.338 e. The molecule has 1 aromatic heterocycles. The molecule has 1 aliphatic rings. The van der Waals surface area contributed by atoms with Gasteiger partial charge in [0.2, 0.25) is 5.95 Å². The van der Waals surface area contributed by atoms with Crippen LogP contribution in [0.1, 0.15) is 29.7 Å². The molecule has 1 aliphatic heterocycles. The first kappa shape index (κ1) is 17.5. The highest BCUT2D eigenvalue weighted by Crippen LogP contribution is 2.38. The van der Waals surface area contributed by atoms with E-state index in [1.807, 2.05) is 42.5 Å². The zero-order chi connectivity index (χ0) is 19.5. The number of hydrogen-bond donors (Lipinski definition) is 1. The Morgan fingerprint density at radius 3 is 2.64 bits per heavy atom. The molecule has 1 atom stereocenters. The Morgan fingerprint density at radius 1 is 1.21 bits per heavy atom. The third kappa shape index (κ3) is 3.01. The molecule has 0 radical (unpaired) electrons. The number of anilines is 1. The number of esters is 1. The monoisotopic (exact) mass is 371 g/mol. The maximum absolute atomic E-state index is 13.0. The van der Waals surface area contributed by atoms with Crippen molar-refractivity contribution in [3.63, 3.8) is 0 Å². The first-order valence-corrected chi connectivity index (χ1v) is 8.86. The Balaban J connectivity index is 1.94. The predicted octanol–water partition coefficient (Wildman–Crippen LogP) is 3.14. The molecule has 0 saturated carbocycles. The summed E-state index contributed by atoms with van der Waals surface area (Å²) in [6.45, 7) is 2.03. The normalized spacial score (nSPS) is 15.4. The van der Waals surface area contributed by atoms with Crippen molar-refractivity contribution in [2.45, 2.75) is 13.0 Å². The third-order valence-corrected chi connectivity index (χ3v) is 4.51. The van der Waals surface area contributed by atoms with Gasteiger partial charge in [-0.1, -0.05) is 42.5 Å². The first-order chi connectivity index (χ1) is 13.7. The van der Waals surface area contributed by atoms with Crippen LogP contribution < -0.4 is 5.32 Å². The summed E-state index contributed by atoms with van der Waals surface area (Å²) >= 11 is 0. The van der Waals surface area contributed by atoms with Gasteiger partial charge in [-0.2, -0.15) is 15.3 Å². The molecule has 138 valence electrons. The van der Waals surface area contributed by atoms with E-state index in [0.717, 1.165) is 11.1 Å². The van der Waals surface area contributed by atoms with E-state index in [2.05, 4.69) is 21.5 Å². The summed E-state index contributed by atoms with van der Waals surface area (Å²) < 4.78 is 7.02. The van der Waals surface area contributed by atoms with E-state index in [1.54, 1.807) is 23.7 Å². The largest absolute Gasteiger partial charge is 0.463 e. The summed E-state index contributed by atoms with van der Waals surface area (Å²) in [5.41, 5.74) is 3.27. The molecule has 7 heteroatoms. The number of nitrogens with zero attached hydrogens (tertiary/aromatic N) is 4. The average molecular weight is 371 g/mol. The molecule has 1 N–H and O–H groups in total. The van der Waals surface area contributed by atoms with E-state index >= 15 is 0 Å². The number of carbonyl (C=O) groups is 1. The van der Waals surface area contributed by atoms with Gasteiger partial charge in [0.05, 0.1) is 29.5 Å². The Hall–Kier alpha value is -3.92. The van der Waals surface area contributed by atoms with E-state index in [9.17, 15) is 4.79 Å². The number of aromatic nitrogens is 3. The van der Waals surface area contributed by atoms with E-state index in [-0.39, 0.29) is 6.61 Å². The van der Waals surface area contributed by atoms with Crippen LogP contribution in [0.4, 0.5) is 5.95 Å². The number of nitrogens with one attached hydrogen (secondary N) is 1. The quantitative estimate of drug-likeness (QED) is 0.708. The number of benzene rings is 2. The van der Waals surface area contributed by atoms with Crippen LogP contribution in [0.15, 0.2) is 66.5 Å². The molecule has 2 heterocycles. The van der Waals surface area contributed by atoms with Crippen LogP contribution in [0.2, 0.25) is 0 Å². The van der Waals surface area contributed by atoms with Crippen LogP contribution in [-0.4, -0.2) is 27.3 Å². The van der Waals surface area contributed by atoms with Crippen LogP contribution in [0.5, 0.6) is 0 Å². The molecule has 0 amide bonds. The molecule has 2 aromatic carbocycles. The Morgan fingerprint density at radius 2 is 1.96 bits per heavy atom. The van der Waals surface area contributed by atoms with Crippen molar-refractivity contribution in [2.75, 3.05) is 11.9 Å². The van der Waals surface area contributed by atoms with E-state index in [1.165, 1.54) is 6.33 Å². The predicted molar refractivity (Wildman–Crippen MR) is 103 cm³/mol. The molecule has 0 spiro atoms. The summed E-state index contributed by atoms with van der Waals surface area (Å²) in [5, 5.41) is 16.6. The van der Waals surface area contributed by atoms with Gasteiger partial charge >= 0.3 is 5.97 Å². The van der Waals surface area contributed by atoms with E-state index < -0.39 is 12.0 Å². The first-order valence-electron chi connectivity index (χ1n) is 8.86. The number of hydrogen-bond acceptors (Lipinski definition) is 6. The summed E-state index contributed by atoms with van der Waals surface area (Å²) in [5.74, 6) is 0.102. The third-order valence-electron chi connectivity index (χ3n) is 4.51. The number of ether oxygens (including phenoxy) is 1. The van der Waals surface area contributed by atoms with Crippen LogP contribution in [0, 0.1) is 11.3 Å². The summed E-state index contributed by atoms with van der Waals surface area (Å²) in [7, 11) is 0. The fourth-order valence-corrected chi connectivity index (χ4v) is 3.27. The molecular formula is C21H17N5O2. The Bertz CT molecular complexity index is 1080. The van der Waals surface area contributed by atoms with Gasteiger partial charge in [0.25, 0.3) is 0 Å². The smallest absolute Gasteiger partial charge is 0.338 e. The topological polar surface area (TPSA) is 92.8 Å². The average Bonchev–Trinajstić information content (AvgIpc) is 3.21. The minimum Gasteiger partial charge on any atom is -0.463 e. The Labute approximate surface area is 161 Å². The molecule has 0 aliphatic carbocycles. The highest BCUT2D eigenvalue weighted by Gasteiger charge is 2.36. The lowest BCUT2D eigenvalue weighted by atomic mass is 9.92. The van der Waals surface area contributed by atoms with Gasteiger partial charge in [0, 0.05) is 0 Å². The van der Waals surface area contributed by atoms with Crippen LogP contribution in [-0.2, 0) is 9.53 Å². The van der Waals surface area contributed by atoms with Crippen molar-refractivity contribution in [1.29, 1.82) is 5.26 Å². The van der Waals surface area contributed by atoms with Gasteiger partial charge in [-0.15, -0.1) is 0 Å². The highest BCUT2D eigenvalue weighted by molar-refractivity contribution is 6.02. The second-order valence-corrected chi connectivity index (χ2v) is 6.16. The molecule has 7 nitrogen and oxygen atoms in total. The molecule has 0 unspecified atom stereocenters. The molecule has 3 aromatic rings. The van der Waals surface area contributed by atoms with Gasteiger partial charge in [-0.05, 0) is 30.2 Å². The zero-order valence-corrected chi connectivity index (χ0v) is 15.2. The fourth-order valence-electron chi connectivity index (χ4n) is 3.27. The summed E-state index contributed by atoms with van der Waals surface area (Å²) in [4.78, 5) is 17.3. The van der Waals surface area contributed by atoms with Crippen molar-refractivity contribution in [1.82, 2.24) is 14.8 Å². The van der Waals surface area contributed by atoms with Gasteiger partial charge in [0.1, 0.15) is 12.4 Å². The highest BCUT2D eigenvalue weighted by atomic mass is 16.5. The van der Waals surface area contributed by atoms with Crippen LogP contribution in [0.25, 0.3) is 5.70 Å². The van der Waals surface area contributed by atoms with Crippen LogP contribution >= 0.6 is 0 Å². The minimum atomic E-state index is -0.527. The second-order valence-electron chi connectivity index (χ2n) is 6.16. The van der Waals surface area contributed by atoms with Crippen molar-refractivity contribution in [3.8, 4) is 6.07 Å². The minimum absolute atomic E-state index is 0.259. The fraction of sp³-hybridized carbons (Fsp3) is 0.143. The van der Waals surface area contributed by atoms with Gasteiger partial charge in [-0.3, -0.25) is 0 Å². The molecule has 4 rings (SSSR count). The van der Waals surface area contributed by atoms with E-state index in [0.29, 0.717) is 22.8 Å². The van der Waals surface area contributed by atoms with Gasteiger partial charge in [-0.25, -0.2) is 9.48 Å². The zero-order valence-electron chi connectivity index (χ0n) is 15.2. The van der Waals surface area contributed by atoms with E-state index in [4.69, 9.17) is 10.00 Å². The van der Waals surface area contributed by atoms with Crippen molar-refractivity contribution < 1.29 is 9.53 Å². The van der Waals surface area contributed by atoms with Crippen molar-refractivity contribution in [2.24, 2.45) is 0 Å². The lowest BCUT2D eigenvalue weighted by Gasteiger charge is -2.29.